The summed E-state index contributed by atoms with van der Waals surface area (Å²) in [5, 5.41) is 4.44. The van der Waals surface area contributed by atoms with Crippen molar-refractivity contribution in [3.05, 3.63) is 48.7 Å². The molecule has 0 fully saturated rings. The van der Waals surface area contributed by atoms with Crippen LogP contribution in [0.2, 0.25) is 0 Å². The van der Waals surface area contributed by atoms with Crippen LogP contribution in [0.3, 0.4) is 0 Å². The Bertz CT molecular complexity index is 360. The van der Waals surface area contributed by atoms with E-state index < -0.39 is 10.2 Å². The van der Waals surface area contributed by atoms with Crippen LogP contribution >= 0.6 is 0 Å². The number of benzene rings is 1. The number of nitrogens with two attached hydrogens (primary N) is 1. The largest absolute Gasteiger partial charge is 0.296 e. The van der Waals surface area contributed by atoms with Crippen LogP contribution in [-0.4, -0.2) is 8.42 Å². The third kappa shape index (κ3) is 8.76. The van der Waals surface area contributed by atoms with E-state index in [4.69, 9.17) is 0 Å². The maximum absolute atomic E-state index is 9.83. The van der Waals surface area contributed by atoms with Crippen molar-refractivity contribution < 1.29 is 8.42 Å². The molecule has 14 heavy (non-hydrogen) atoms. The molecule has 0 saturated carbocycles. The van der Waals surface area contributed by atoms with Crippen molar-refractivity contribution in [3.8, 4) is 0 Å². The van der Waals surface area contributed by atoms with Crippen molar-refractivity contribution in [2.75, 3.05) is 0 Å². The molecule has 0 bridgehead atoms. The fourth-order valence-electron chi connectivity index (χ4n) is 0.651. The molecule has 0 spiro atoms. The van der Waals surface area contributed by atoms with Gasteiger partial charge in [0.1, 0.15) is 0 Å². The van der Waals surface area contributed by atoms with E-state index in [2.05, 4.69) is 30.8 Å². The number of nitrogens with one attached hydrogen (secondary N) is 1. The van der Waals surface area contributed by atoms with Gasteiger partial charge in [-0.1, -0.05) is 42.5 Å². The predicted octanol–water partition coefficient (Wildman–Crippen LogP) is 0.918. The highest BCUT2D eigenvalue weighted by atomic mass is 32.2. The Balaban J connectivity index is 0.000000241. The summed E-state index contributed by atoms with van der Waals surface area (Å²) in [6, 6.07) is 10.3. The van der Waals surface area contributed by atoms with Gasteiger partial charge in [-0.25, -0.2) is 5.14 Å². The van der Waals surface area contributed by atoms with Crippen LogP contribution in [0, 0.1) is 6.92 Å². The first-order chi connectivity index (χ1) is 6.45. The smallest absolute Gasteiger partial charge is 0.279 e. The molecule has 5 heteroatoms. The minimum absolute atomic E-state index is 0.995. The standard InChI is InChI=1S/C7H8.C2H6N2O2S/c1-7-5-3-2-4-6-7;1-2-4-7(3,5)6/h2-6H,1H3;2,4H,1H2,(H2,3,5,6). The van der Waals surface area contributed by atoms with E-state index in [0.717, 1.165) is 6.20 Å². The lowest BCUT2D eigenvalue weighted by Gasteiger charge is -1.89. The topological polar surface area (TPSA) is 72.2 Å². The van der Waals surface area contributed by atoms with Crippen molar-refractivity contribution in [1.82, 2.24) is 4.72 Å². The zero-order chi connectivity index (χ0) is 11.0. The van der Waals surface area contributed by atoms with E-state index >= 15 is 0 Å². The summed E-state index contributed by atoms with van der Waals surface area (Å²) in [7, 11) is -3.54. The minimum atomic E-state index is -3.54. The lowest BCUT2D eigenvalue weighted by molar-refractivity contribution is 0.592. The van der Waals surface area contributed by atoms with Gasteiger partial charge in [0.25, 0.3) is 10.2 Å². The Labute approximate surface area is 84.6 Å². The van der Waals surface area contributed by atoms with Crippen LogP contribution in [-0.2, 0) is 10.2 Å². The highest BCUT2D eigenvalue weighted by molar-refractivity contribution is 7.87. The Kier molecular flexibility index (Phi) is 5.59. The summed E-state index contributed by atoms with van der Waals surface area (Å²) in [5.41, 5.74) is 1.32. The quantitative estimate of drug-likeness (QED) is 0.768. The zero-order valence-electron chi connectivity index (χ0n) is 7.97. The predicted molar refractivity (Wildman–Crippen MR) is 57.6 cm³/mol. The van der Waals surface area contributed by atoms with Gasteiger partial charge in [-0.2, -0.15) is 8.42 Å². The first-order valence-electron chi connectivity index (χ1n) is 3.88. The van der Waals surface area contributed by atoms with Crippen LogP contribution in [0.4, 0.5) is 0 Å². The second-order valence-corrected chi connectivity index (χ2v) is 3.85. The van der Waals surface area contributed by atoms with E-state index in [1.807, 2.05) is 18.2 Å². The minimum Gasteiger partial charge on any atom is -0.279 e. The molecular weight excluding hydrogens is 200 g/mol. The fourth-order valence-corrected chi connectivity index (χ4v) is 0.883. The van der Waals surface area contributed by atoms with Crippen molar-refractivity contribution in [1.29, 1.82) is 0 Å². The van der Waals surface area contributed by atoms with E-state index in [-0.39, 0.29) is 0 Å². The Hall–Kier alpha value is -1.33. The van der Waals surface area contributed by atoms with Crippen molar-refractivity contribution in [2.24, 2.45) is 5.14 Å². The molecule has 0 radical (unpaired) electrons. The van der Waals surface area contributed by atoms with Crippen molar-refractivity contribution in [2.45, 2.75) is 6.92 Å². The summed E-state index contributed by atoms with van der Waals surface area (Å²) >= 11 is 0. The molecule has 3 N–H and O–H groups in total. The highest BCUT2D eigenvalue weighted by Gasteiger charge is 1.90. The second-order valence-electron chi connectivity index (χ2n) is 2.52. The zero-order valence-corrected chi connectivity index (χ0v) is 8.79. The van der Waals surface area contributed by atoms with Gasteiger partial charge in [0.2, 0.25) is 0 Å². The molecule has 0 unspecified atom stereocenters. The van der Waals surface area contributed by atoms with E-state index in [9.17, 15) is 8.42 Å². The summed E-state index contributed by atoms with van der Waals surface area (Å²) in [5.74, 6) is 0. The molecule has 1 aromatic carbocycles. The van der Waals surface area contributed by atoms with Crippen LogP contribution in [0.5, 0.6) is 0 Å². The van der Waals surface area contributed by atoms with Crippen LogP contribution in [0.1, 0.15) is 5.56 Å². The van der Waals surface area contributed by atoms with Crippen LogP contribution < -0.4 is 9.86 Å². The third-order valence-corrected chi connectivity index (χ3v) is 1.68. The summed E-state index contributed by atoms with van der Waals surface area (Å²) in [6.45, 7) is 5.16. The second kappa shape index (κ2) is 6.17. The lowest BCUT2D eigenvalue weighted by atomic mass is 10.2. The molecule has 0 aliphatic heterocycles. The Morgan fingerprint density at radius 1 is 1.36 bits per heavy atom. The molecule has 0 aliphatic rings. The maximum atomic E-state index is 9.83. The van der Waals surface area contributed by atoms with E-state index in [0.29, 0.717) is 0 Å². The average molecular weight is 214 g/mol. The molecular formula is C9H14N2O2S. The molecule has 0 heterocycles. The molecule has 4 nitrogen and oxygen atoms in total. The SMILES string of the molecule is C=CNS(N)(=O)=O.Cc1ccccc1. The molecule has 0 amide bonds. The molecule has 0 aliphatic carbocycles. The summed E-state index contributed by atoms with van der Waals surface area (Å²) in [6.07, 6.45) is 0.995. The number of rotatable bonds is 2. The van der Waals surface area contributed by atoms with E-state index in [1.165, 1.54) is 5.56 Å². The van der Waals surface area contributed by atoms with Crippen molar-refractivity contribution in [3.63, 3.8) is 0 Å². The summed E-state index contributed by atoms with van der Waals surface area (Å²) < 4.78 is 21.5. The van der Waals surface area contributed by atoms with Gasteiger partial charge in [-0.05, 0) is 6.92 Å². The highest BCUT2D eigenvalue weighted by Crippen LogP contribution is 1.92. The fraction of sp³-hybridized carbons (Fsp3) is 0.111. The van der Waals surface area contributed by atoms with Gasteiger partial charge in [-0.3, -0.25) is 4.72 Å². The Morgan fingerprint density at radius 2 is 1.86 bits per heavy atom. The van der Waals surface area contributed by atoms with Crippen LogP contribution in [0.15, 0.2) is 43.1 Å². The molecule has 0 aromatic heterocycles. The monoisotopic (exact) mass is 214 g/mol. The van der Waals surface area contributed by atoms with Gasteiger partial charge in [-0.15, -0.1) is 0 Å². The van der Waals surface area contributed by atoms with Gasteiger partial charge >= 0.3 is 0 Å². The number of aryl methyl sites for hydroxylation is 1. The van der Waals surface area contributed by atoms with Gasteiger partial charge in [0.15, 0.2) is 0 Å². The van der Waals surface area contributed by atoms with E-state index in [1.54, 1.807) is 4.72 Å². The van der Waals surface area contributed by atoms with Crippen LogP contribution in [0.25, 0.3) is 0 Å². The third-order valence-electron chi connectivity index (χ3n) is 1.19. The lowest BCUT2D eigenvalue weighted by Crippen LogP contribution is -2.25. The number of hydrogen-bond donors (Lipinski definition) is 2. The normalized spacial score (nSPS) is 9.57. The van der Waals surface area contributed by atoms with Gasteiger partial charge in [0, 0.05) is 6.20 Å². The van der Waals surface area contributed by atoms with Gasteiger partial charge in [0.05, 0.1) is 0 Å². The first-order valence-corrected chi connectivity index (χ1v) is 5.43. The average Bonchev–Trinajstić information content (AvgIpc) is 2.04. The van der Waals surface area contributed by atoms with Gasteiger partial charge < -0.3 is 0 Å². The van der Waals surface area contributed by atoms with Crippen molar-refractivity contribution >= 4 is 10.2 Å². The molecule has 0 saturated heterocycles. The Morgan fingerprint density at radius 3 is 2.00 bits per heavy atom. The molecule has 78 valence electrons. The molecule has 1 aromatic rings. The number of hydrogen-bond acceptors (Lipinski definition) is 2. The summed E-state index contributed by atoms with van der Waals surface area (Å²) in [4.78, 5) is 0. The maximum Gasteiger partial charge on any atom is 0.296 e. The molecule has 0 atom stereocenters. The first kappa shape index (κ1) is 12.7. The molecule has 1 rings (SSSR count).